The van der Waals surface area contributed by atoms with Crippen LogP contribution in [0.15, 0.2) is 30.3 Å². The van der Waals surface area contributed by atoms with Gasteiger partial charge in [-0.3, -0.25) is 4.79 Å². The summed E-state index contributed by atoms with van der Waals surface area (Å²) in [7, 11) is 0. The van der Waals surface area contributed by atoms with Crippen molar-refractivity contribution in [2.45, 2.75) is 77.5 Å². The first-order valence-corrected chi connectivity index (χ1v) is 11.2. The average Bonchev–Trinajstić information content (AvgIpc) is 2.72. The number of hydrogen-bond donors (Lipinski definition) is 0. The van der Waals surface area contributed by atoms with Gasteiger partial charge in [0, 0.05) is 6.42 Å². The van der Waals surface area contributed by atoms with E-state index in [9.17, 15) is 18.0 Å². The van der Waals surface area contributed by atoms with Crippen LogP contribution < -0.4 is 4.74 Å². The summed E-state index contributed by atoms with van der Waals surface area (Å²) in [5.74, 6) is 0.294. The number of rotatable bonds is 8. The van der Waals surface area contributed by atoms with Crippen LogP contribution in [0, 0.1) is 5.92 Å². The van der Waals surface area contributed by atoms with E-state index in [0.717, 1.165) is 31.2 Å². The fraction of sp³-hybridized carbons (Fsp3) is 0.560. The number of ether oxygens (including phenoxy) is 2. The van der Waals surface area contributed by atoms with Gasteiger partial charge in [0.05, 0.1) is 12.7 Å². The molecule has 0 heterocycles. The van der Waals surface area contributed by atoms with E-state index in [4.69, 9.17) is 9.47 Å². The monoisotopic (exact) mass is 436 g/mol. The average molecular weight is 437 g/mol. The number of halogens is 3. The number of aryl methyl sites for hydroxylation is 1. The molecule has 0 spiro atoms. The first kappa shape index (κ1) is 23.4. The molecule has 0 aliphatic heterocycles. The fourth-order valence-electron chi connectivity index (χ4n) is 4.36. The second kappa shape index (κ2) is 10.4. The summed E-state index contributed by atoms with van der Waals surface area (Å²) >= 11 is 0. The molecule has 0 saturated heterocycles. The molecule has 2 aromatic carbocycles. The van der Waals surface area contributed by atoms with Gasteiger partial charge in [-0.2, -0.15) is 13.2 Å². The summed E-state index contributed by atoms with van der Waals surface area (Å²) in [5.41, 5.74) is 0.168. The minimum Gasteiger partial charge on any atom is -0.490 e. The van der Waals surface area contributed by atoms with Gasteiger partial charge in [0.1, 0.15) is 11.3 Å². The van der Waals surface area contributed by atoms with Crippen molar-refractivity contribution in [3.05, 3.63) is 41.5 Å². The molecule has 1 fully saturated rings. The fourth-order valence-corrected chi connectivity index (χ4v) is 4.36. The molecule has 3 rings (SSSR count). The quantitative estimate of drug-likeness (QED) is 0.327. The van der Waals surface area contributed by atoms with Gasteiger partial charge in [0.25, 0.3) is 0 Å². The van der Waals surface area contributed by atoms with E-state index in [1.807, 2.05) is 6.07 Å². The molecule has 1 saturated carbocycles. The van der Waals surface area contributed by atoms with Crippen LogP contribution in [-0.2, 0) is 22.1 Å². The lowest BCUT2D eigenvalue weighted by Crippen LogP contribution is -2.24. The van der Waals surface area contributed by atoms with E-state index in [-0.39, 0.29) is 23.2 Å². The van der Waals surface area contributed by atoms with Crippen LogP contribution in [-0.4, -0.2) is 18.7 Å². The summed E-state index contributed by atoms with van der Waals surface area (Å²) in [6, 6.07) is 8.27. The Morgan fingerprint density at radius 2 is 1.77 bits per heavy atom. The van der Waals surface area contributed by atoms with Gasteiger partial charge >= 0.3 is 12.1 Å². The second-order valence-electron chi connectivity index (χ2n) is 8.46. The third-order valence-electron chi connectivity index (χ3n) is 6.04. The molecule has 0 atom stereocenters. The second-order valence-corrected chi connectivity index (χ2v) is 8.46. The van der Waals surface area contributed by atoms with Crippen molar-refractivity contribution in [1.29, 1.82) is 0 Å². The zero-order chi connectivity index (χ0) is 22.4. The Hall–Kier alpha value is -2.24. The first-order chi connectivity index (χ1) is 14.8. The number of carbonyl (C=O) groups excluding carboxylic acids is 1. The molecular weight excluding hydrogens is 405 g/mol. The number of alkyl halides is 3. The molecule has 31 heavy (non-hydrogen) atoms. The largest absolute Gasteiger partial charge is 0.490 e. The van der Waals surface area contributed by atoms with E-state index in [1.54, 1.807) is 19.1 Å². The van der Waals surface area contributed by atoms with Crippen molar-refractivity contribution in [1.82, 2.24) is 0 Å². The Morgan fingerprint density at radius 3 is 2.45 bits per heavy atom. The van der Waals surface area contributed by atoms with Crippen LogP contribution in [0.1, 0.15) is 69.9 Å². The van der Waals surface area contributed by atoms with Gasteiger partial charge in [-0.1, -0.05) is 31.2 Å². The van der Waals surface area contributed by atoms with Crippen molar-refractivity contribution in [3.8, 4) is 5.75 Å². The first-order valence-electron chi connectivity index (χ1n) is 11.2. The maximum atomic E-state index is 14.1. The van der Waals surface area contributed by atoms with Crippen LogP contribution in [0.25, 0.3) is 10.8 Å². The molecule has 6 heteroatoms. The number of esters is 1. The SMILES string of the molecule is CCOC(=O)CCCCc1cccc2c(C(F)(F)F)c(OC3CCC(C)CC3)ccc12. The van der Waals surface area contributed by atoms with E-state index in [2.05, 4.69) is 6.92 Å². The minimum atomic E-state index is -4.50. The van der Waals surface area contributed by atoms with Gasteiger partial charge in [0.15, 0.2) is 0 Å². The number of unbranched alkanes of at least 4 members (excludes halogenated alkanes) is 1. The lowest BCUT2D eigenvalue weighted by molar-refractivity contribution is -0.143. The highest BCUT2D eigenvalue weighted by Gasteiger charge is 2.37. The van der Waals surface area contributed by atoms with E-state index in [1.165, 1.54) is 12.1 Å². The van der Waals surface area contributed by atoms with Gasteiger partial charge in [-0.15, -0.1) is 0 Å². The number of carbonyl (C=O) groups is 1. The molecule has 0 unspecified atom stereocenters. The smallest absolute Gasteiger partial charge is 0.420 e. The number of fused-ring (bicyclic) bond motifs is 1. The topological polar surface area (TPSA) is 35.5 Å². The highest BCUT2D eigenvalue weighted by Crippen LogP contribution is 2.43. The molecule has 0 amide bonds. The van der Waals surface area contributed by atoms with E-state index >= 15 is 0 Å². The van der Waals surface area contributed by atoms with Crippen molar-refractivity contribution in [3.63, 3.8) is 0 Å². The Labute approximate surface area is 181 Å². The molecular formula is C25H31F3O3. The molecule has 2 aromatic rings. The van der Waals surface area contributed by atoms with Crippen LogP contribution >= 0.6 is 0 Å². The summed E-state index contributed by atoms with van der Waals surface area (Å²) < 4.78 is 53.0. The molecule has 0 aromatic heterocycles. The molecule has 0 radical (unpaired) electrons. The lowest BCUT2D eigenvalue weighted by Gasteiger charge is -2.28. The Balaban J connectivity index is 1.81. The Morgan fingerprint density at radius 1 is 1.03 bits per heavy atom. The summed E-state index contributed by atoms with van der Waals surface area (Å²) in [4.78, 5) is 11.5. The molecule has 0 N–H and O–H groups in total. The van der Waals surface area contributed by atoms with Gasteiger partial charge in [0.2, 0.25) is 0 Å². The zero-order valence-corrected chi connectivity index (χ0v) is 18.3. The zero-order valence-electron chi connectivity index (χ0n) is 18.3. The third kappa shape index (κ3) is 6.14. The maximum Gasteiger partial charge on any atom is 0.420 e. The van der Waals surface area contributed by atoms with Crippen molar-refractivity contribution in [2.24, 2.45) is 5.92 Å². The summed E-state index contributed by atoms with van der Waals surface area (Å²) in [6.07, 6.45) is 1.15. The molecule has 170 valence electrons. The molecule has 1 aliphatic rings. The van der Waals surface area contributed by atoms with Crippen LogP contribution in [0.3, 0.4) is 0 Å². The lowest BCUT2D eigenvalue weighted by atomic mass is 9.89. The normalized spacial score (nSPS) is 19.4. The van der Waals surface area contributed by atoms with Crippen LogP contribution in [0.4, 0.5) is 13.2 Å². The molecule has 1 aliphatic carbocycles. The van der Waals surface area contributed by atoms with E-state index < -0.39 is 11.7 Å². The summed E-state index contributed by atoms with van der Waals surface area (Å²) in [6.45, 7) is 4.29. The van der Waals surface area contributed by atoms with Gasteiger partial charge < -0.3 is 9.47 Å². The highest BCUT2D eigenvalue weighted by molar-refractivity contribution is 5.91. The predicted molar refractivity (Wildman–Crippen MR) is 115 cm³/mol. The highest BCUT2D eigenvalue weighted by atomic mass is 19.4. The standard InChI is InChI=1S/C25H31F3O3/c1-3-30-23(29)10-5-4-7-18-8-6-9-21-20(18)15-16-22(24(21)25(26,27)28)31-19-13-11-17(2)12-14-19/h6,8-9,15-17,19H,3-5,7,10-14H2,1-2H3. The van der Waals surface area contributed by atoms with Crippen molar-refractivity contribution >= 4 is 16.7 Å². The van der Waals surface area contributed by atoms with Crippen LogP contribution in [0.5, 0.6) is 5.75 Å². The minimum absolute atomic E-state index is 0.0704. The Kier molecular flexibility index (Phi) is 7.84. The maximum absolute atomic E-state index is 14.1. The van der Waals surface area contributed by atoms with Crippen molar-refractivity contribution in [2.75, 3.05) is 6.61 Å². The number of hydrogen-bond acceptors (Lipinski definition) is 3. The van der Waals surface area contributed by atoms with Gasteiger partial charge in [-0.05, 0) is 80.2 Å². The molecule has 0 bridgehead atoms. The predicted octanol–water partition coefficient (Wildman–Crippen LogP) is 7.09. The Bertz CT molecular complexity index is 883. The summed E-state index contributed by atoms with van der Waals surface area (Å²) in [5, 5.41) is 0.771. The van der Waals surface area contributed by atoms with E-state index in [0.29, 0.717) is 43.6 Å². The van der Waals surface area contributed by atoms with Crippen LogP contribution in [0.2, 0.25) is 0 Å². The number of benzene rings is 2. The molecule has 3 nitrogen and oxygen atoms in total. The van der Waals surface area contributed by atoms with Gasteiger partial charge in [-0.25, -0.2) is 0 Å². The van der Waals surface area contributed by atoms with Crippen molar-refractivity contribution < 1.29 is 27.4 Å². The third-order valence-corrected chi connectivity index (χ3v) is 6.04.